The number of ether oxygens (including phenoxy) is 1. The molecule has 0 rings (SSSR count). The third kappa shape index (κ3) is 4.09. The van der Waals surface area contributed by atoms with Crippen LogP contribution in [0.25, 0.3) is 0 Å². The number of rotatable bonds is 4. The molecular formula is C7H9NO3. The summed E-state index contributed by atoms with van der Waals surface area (Å²) in [5.74, 6) is -2.19. The zero-order valence-electron chi connectivity index (χ0n) is 6.29. The van der Waals surface area contributed by atoms with E-state index >= 15 is 0 Å². The van der Waals surface area contributed by atoms with E-state index in [1.807, 2.05) is 6.92 Å². The average Bonchev–Trinajstić information content (AvgIpc) is 2.03. The molecule has 0 N–H and O–H groups in total. The summed E-state index contributed by atoms with van der Waals surface area (Å²) in [6.45, 7) is 2.14. The molecule has 0 atom stereocenters. The summed E-state index contributed by atoms with van der Waals surface area (Å²) < 4.78 is 4.42. The molecule has 4 heteroatoms. The van der Waals surface area contributed by atoms with Crippen molar-refractivity contribution in [1.29, 1.82) is 5.26 Å². The molecule has 0 saturated carbocycles. The molecular weight excluding hydrogens is 146 g/mol. The average molecular weight is 155 g/mol. The van der Waals surface area contributed by atoms with Gasteiger partial charge in [0.2, 0.25) is 0 Å². The maximum Gasteiger partial charge on any atom is 0.390 e. The SMILES string of the molecule is CCCCOC(=O)C(=O)C#N. The second-order valence-corrected chi connectivity index (χ2v) is 1.93. The lowest BCUT2D eigenvalue weighted by Gasteiger charge is -1.97. The van der Waals surface area contributed by atoms with E-state index in [-0.39, 0.29) is 6.61 Å². The lowest BCUT2D eigenvalue weighted by molar-refractivity contribution is -0.151. The van der Waals surface area contributed by atoms with E-state index in [2.05, 4.69) is 4.74 Å². The first kappa shape index (κ1) is 9.63. The third-order valence-corrected chi connectivity index (χ3v) is 1.02. The summed E-state index contributed by atoms with van der Waals surface area (Å²) in [7, 11) is 0. The molecule has 0 heterocycles. The van der Waals surface area contributed by atoms with Gasteiger partial charge in [-0.05, 0) is 6.42 Å². The largest absolute Gasteiger partial charge is 0.459 e. The van der Waals surface area contributed by atoms with E-state index < -0.39 is 11.8 Å². The van der Waals surface area contributed by atoms with Crippen LogP contribution in [0, 0.1) is 11.3 Å². The molecule has 0 amide bonds. The fourth-order valence-corrected chi connectivity index (χ4v) is 0.420. The highest BCUT2D eigenvalue weighted by Gasteiger charge is 2.12. The number of hydrogen-bond donors (Lipinski definition) is 0. The van der Waals surface area contributed by atoms with Gasteiger partial charge in [-0.15, -0.1) is 0 Å². The van der Waals surface area contributed by atoms with Crippen molar-refractivity contribution in [3.8, 4) is 6.07 Å². The highest BCUT2D eigenvalue weighted by Crippen LogP contribution is 1.88. The topological polar surface area (TPSA) is 67.2 Å². The van der Waals surface area contributed by atoms with Crippen molar-refractivity contribution < 1.29 is 14.3 Å². The van der Waals surface area contributed by atoms with Gasteiger partial charge in [-0.1, -0.05) is 13.3 Å². The highest BCUT2D eigenvalue weighted by molar-refractivity contribution is 6.40. The van der Waals surface area contributed by atoms with Gasteiger partial charge in [-0.25, -0.2) is 4.79 Å². The molecule has 0 radical (unpaired) electrons. The first-order valence-electron chi connectivity index (χ1n) is 3.33. The second kappa shape index (κ2) is 5.42. The Morgan fingerprint density at radius 2 is 2.18 bits per heavy atom. The van der Waals surface area contributed by atoms with Gasteiger partial charge in [-0.2, -0.15) is 5.26 Å². The normalized spacial score (nSPS) is 8.36. The maximum absolute atomic E-state index is 10.5. The van der Waals surface area contributed by atoms with Crippen LogP contribution in [0.1, 0.15) is 19.8 Å². The molecule has 4 nitrogen and oxygen atoms in total. The number of Topliss-reactive ketones (excluding diaryl/α,β-unsaturated/α-hetero) is 1. The number of nitrogens with zero attached hydrogens (tertiary/aromatic N) is 1. The van der Waals surface area contributed by atoms with Gasteiger partial charge < -0.3 is 4.74 Å². The van der Waals surface area contributed by atoms with E-state index in [0.29, 0.717) is 6.42 Å². The Balaban J connectivity index is 3.55. The van der Waals surface area contributed by atoms with Crippen molar-refractivity contribution in [3.05, 3.63) is 0 Å². The van der Waals surface area contributed by atoms with Crippen LogP contribution in [0.5, 0.6) is 0 Å². The van der Waals surface area contributed by atoms with Gasteiger partial charge in [0.1, 0.15) is 0 Å². The van der Waals surface area contributed by atoms with E-state index in [9.17, 15) is 9.59 Å². The molecule has 0 unspecified atom stereocenters. The third-order valence-electron chi connectivity index (χ3n) is 1.02. The lowest BCUT2D eigenvalue weighted by Crippen LogP contribution is -2.15. The monoisotopic (exact) mass is 155 g/mol. The Kier molecular flexibility index (Phi) is 4.74. The zero-order chi connectivity index (χ0) is 8.69. The van der Waals surface area contributed by atoms with Crippen LogP contribution in [0.3, 0.4) is 0 Å². The van der Waals surface area contributed by atoms with Crippen molar-refractivity contribution in [1.82, 2.24) is 0 Å². The minimum atomic E-state index is -1.14. The molecule has 0 spiro atoms. The van der Waals surface area contributed by atoms with Gasteiger partial charge >= 0.3 is 11.8 Å². The van der Waals surface area contributed by atoms with Crippen molar-refractivity contribution >= 4 is 11.8 Å². The van der Waals surface area contributed by atoms with E-state index in [1.165, 1.54) is 6.07 Å². The van der Waals surface area contributed by atoms with Gasteiger partial charge in [0, 0.05) is 0 Å². The summed E-state index contributed by atoms with van der Waals surface area (Å²) in [5.41, 5.74) is 0. The molecule has 0 aliphatic carbocycles. The van der Waals surface area contributed by atoms with Gasteiger partial charge in [0.05, 0.1) is 6.61 Å². The molecule has 0 aromatic carbocycles. The van der Waals surface area contributed by atoms with Crippen LogP contribution in [-0.2, 0) is 14.3 Å². The van der Waals surface area contributed by atoms with Gasteiger partial charge in [-0.3, -0.25) is 4.79 Å². The predicted molar refractivity (Wildman–Crippen MR) is 36.5 cm³/mol. The quantitative estimate of drug-likeness (QED) is 0.255. The van der Waals surface area contributed by atoms with E-state index in [1.54, 1.807) is 0 Å². The van der Waals surface area contributed by atoms with Crippen LogP contribution in [0.15, 0.2) is 0 Å². The van der Waals surface area contributed by atoms with Crippen LogP contribution >= 0.6 is 0 Å². The summed E-state index contributed by atoms with van der Waals surface area (Å²) in [5, 5.41) is 7.96. The molecule has 11 heavy (non-hydrogen) atoms. The smallest absolute Gasteiger partial charge is 0.390 e. The zero-order valence-corrected chi connectivity index (χ0v) is 6.29. The van der Waals surface area contributed by atoms with Crippen molar-refractivity contribution in [2.45, 2.75) is 19.8 Å². The number of carbonyl (C=O) groups is 2. The van der Waals surface area contributed by atoms with Gasteiger partial charge in [0.15, 0.2) is 6.07 Å². The molecule has 0 aliphatic heterocycles. The Morgan fingerprint density at radius 3 is 2.64 bits per heavy atom. The lowest BCUT2D eigenvalue weighted by atomic mass is 10.3. The van der Waals surface area contributed by atoms with Crippen LogP contribution < -0.4 is 0 Å². The van der Waals surface area contributed by atoms with Gasteiger partial charge in [0.25, 0.3) is 0 Å². The standard InChI is InChI=1S/C7H9NO3/c1-2-3-4-11-7(10)6(9)5-8/h2-4H2,1H3. The Labute approximate surface area is 64.8 Å². The summed E-state index contributed by atoms with van der Waals surface area (Å²) in [4.78, 5) is 20.7. The Bertz CT molecular complexity index is 192. The minimum Gasteiger partial charge on any atom is -0.459 e. The molecule has 0 bridgehead atoms. The van der Waals surface area contributed by atoms with Crippen LogP contribution in [0.4, 0.5) is 0 Å². The fraction of sp³-hybridized carbons (Fsp3) is 0.571. The molecule has 0 fully saturated rings. The minimum absolute atomic E-state index is 0.211. The maximum atomic E-state index is 10.5. The number of unbranched alkanes of at least 4 members (excludes halogenated alkanes) is 1. The number of ketones is 1. The Morgan fingerprint density at radius 1 is 1.55 bits per heavy atom. The number of nitriles is 1. The van der Waals surface area contributed by atoms with E-state index in [4.69, 9.17) is 5.26 Å². The summed E-state index contributed by atoms with van der Waals surface area (Å²) >= 11 is 0. The molecule has 60 valence electrons. The number of esters is 1. The summed E-state index contributed by atoms with van der Waals surface area (Å²) in [6.07, 6.45) is 1.60. The predicted octanol–water partition coefficient (Wildman–Crippen LogP) is 0.422. The van der Waals surface area contributed by atoms with Crippen LogP contribution in [-0.4, -0.2) is 18.4 Å². The summed E-state index contributed by atoms with van der Waals surface area (Å²) in [6, 6.07) is 1.18. The van der Waals surface area contributed by atoms with Crippen LogP contribution in [0.2, 0.25) is 0 Å². The highest BCUT2D eigenvalue weighted by atomic mass is 16.5. The first-order chi connectivity index (χ1) is 5.22. The van der Waals surface area contributed by atoms with Crippen molar-refractivity contribution in [2.75, 3.05) is 6.61 Å². The first-order valence-corrected chi connectivity index (χ1v) is 3.33. The number of carbonyl (C=O) groups excluding carboxylic acids is 2. The van der Waals surface area contributed by atoms with E-state index in [0.717, 1.165) is 6.42 Å². The molecule has 0 saturated heterocycles. The number of hydrogen-bond acceptors (Lipinski definition) is 4. The second-order valence-electron chi connectivity index (χ2n) is 1.93. The van der Waals surface area contributed by atoms with Crippen molar-refractivity contribution in [3.63, 3.8) is 0 Å². The van der Waals surface area contributed by atoms with Crippen molar-refractivity contribution in [2.24, 2.45) is 0 Å². The Hall–Kier alpha value is -1.37. The molecule has 0 aliphatic rings. The fourth-order valence-electron chi connectivity index (χ4n) is 0.420. The molecule has 0 aromatic heterocycles. The molecule has 0 aromatic rings.